The first-order chi connectivity index (χ1) is 1.91. The van der Waals surface area contributed by atoms with Gasteiger partial charge in [-0.25, -0.2) is 0 Å². The molecule has 0 bridgehead atoms. The molecule has 0 rings (SSSR count). The predicted octanol–water partition coefficient (Wildman–Crippen LogP) is -1.31. The molecule has 0 aromatic carbocycles. The van der Waals surface area contributed by atoms with Crippen molar-refractivity contribution >= 4 is 7.98 Å². The van der Waals surface area contributed by atoms with Crippen molar-refractivity contribution in [2.45, 2.75) is 0 Å². The van der Waals surface area contributed by atoms with Crippen molar-refractivity contribution in [1.29, 1.82) is 0 Å². The normalized spacial score (nSPS) is 7.25. The Bertz CT molecular complexity index is 10.0. The van der Waals surface area contributed by atoms with E-state index in [9.17, 15) is 0 Å². The predicted molar refractivity (Wildman–Crippen MR) is 18.7 cm³/mol. The molecule has 0 aliphatic rings. The largest absolute Gasteiger partial charge is 0.317 e. The van der Waals surface area contributed by atoms with E-state index in [2.05, 4.69) is 10.2 Å². The Morgan fingerprint density at radius 2 is 2.25 bits per heavy atom. The summed E-state index contributed by atoms with van der Waals surface area (Å²) in [5, 5.41) is 2.43. The zero-order valence-corrected chi connectivity index (χ0v) is 2.91. The van der Waals surface area contributed by atoms with Gasteiger partial charge in [0.2, 0.25) is 7.98 Å². The van der Waals surface area contributed by atoms with Crippen LogP contribution in [0.15, 0.2) is 0 Å². The highest BCUT2D eigenvalue weighted by molar-refractivity contribution is 6.03. The maximum absolute atomic E-state index is 4.29. The van der Waals surface area contributed by atoms with Crippen molar-refractivity contribution in [3.8, 4) is 0 Å². The minimum absolute atomic E-state index is 1.57. The first-order valence-corrected chi connectivity index (χ1v) is 1.11. The van der Waals surface area contributed by atoms with Crippen LogP contribution in [0.4, 0.5) is 0 Å². The lowest BCUT2D eigenvalue weighted by atomic mass is 10.5. The third-order valence-electron chi connectivity index (χ3n) is 0.204. The van der Waals surface area contributed by atoms with E-state index in [0.29, 0.717) is 0 Å². The molecule has 0 aromatic heterocycles. The summed E-state index contributed by atoms with van der Waals surface area (Å²) in [7, 11) is 3.28. The van der Waals surface area contributed by atoms with E-state index in [1.165, 1.54) is 0 Å². The second-order valence-electron chi connectivity index (χ2n) is 0.408. The maximum Gasteiger partial charge on any atom is 0.216 e. The second-order valence-corrected chi connectivity index (χ2v) is 0.408. The summed E-state index contributed by atoms with van der Waals surface area (Å²) in [6.07, 6.45) is 0. The maximum atomic E-state index is 4.29. The average molecular weight is 58.9 g/mol. The highest BCUT2D eigenvalue weighted by Gasteiger charge is 1.47. The van der Waals surface area contributed by atoms with E-state index < -0.39 is 0 Å². The van der Waals surface area contributed by atoms with Crippen LogP contribution in [0.25, 0.3) is 0 Å². The summed E-state index contributed by atoms with van der Waals surface area (Å²) in [4.78, 5) is 4.29. The third kappa shape index (κ3) is 1.98. The van der Waals surface area contributed by atoms with Crippen molar-refractivity contribution < 1.29 is 4.84 Å². The monoisotopic (exact) mass is 59.1 g/mol. The van der Waals surface area contributed by atoms with Gasteiger partial charge >= 0.3 is 0 Å². The van der Waals surface area contributed by atoms with Crippen molar-refractivity contribution in [1.82, 2.24) is 5.39 Å². The first-order valence-electron chi connectivity index (χ1n) is 1.11. The van der Waals surface area contributed by atoms with Crippen LogP contribution >= 0.6 is 0 Å². The van der Waals surface area contributed by atoms with Gasteiger partial charge in [0.05, 0.1) is 7.11 Å². The fourth-order valence-electron chi connectivity index (χ4n) is 0. The van der Waals surface area contributed by atoms with Gasteiger partial charge in [0.15, 0.2) is 0 Å². The Morgan fingerprint density at radius 3 is 2.25 bits per heavy atom. The van der Waals surface area contributed by atoms with E-state index >= 15 is 0 Å². The molecule has 0 saturated carbocycles. The molecule has 0 fully saturated rings. The summed E-state index contributed by atoms with van der Waals surface area (Å²) in [5.74, 6) is 0. The molecule has 24 valence electrons. The van der Waals surface area contributed by atoms with Crippen LogP contribution in [-0.2, 0) is 4.84 Å². The van der Waals surface area contributed by atoms with Crippen LogP contribution in [0, 0.1) is 0 Å². The minimum Gasteiger partial charge on any atom is -0.317 e. The van der Waals surface area contributed by atoms with Gasteiger partial charge < -0.3 is 4.84 Å². The highest BCUT2D eigenvalue weighted by Crippen LogP contribution is 1.30. The Balaban J connectivity index is 1.97. The van der Waals surface area contributed by atoms with Crippen LogP contribution in [0.1, 0.15) is 0 Å². The molecule has 0 unspecified atom stereocenters. The first kappa shape index (κ1) is 3.98. The van der Waals surface area contributed by atoms with E-state index in [-0.39, 0.29) is 0 Å². The molecular weight excluding hydrogens is 52.8 g/mol. The smallest absolute Gasteiger partial charge is 0.216 e. The molecule has 1 N–H and O–H groups in total. The summed E-state index contributed by atoms with van der Waals surface area (Å²) in [5.41, 5.74) is 0. The molecule has 0 atom stereocenters. The summed E-state index contributed by atoms with van der Waals surface area (Å²) >= 11 is 0. The molecule has 0 aliphatic heterocycles. The zero-order chi connectivity index (χ0) is 3.41. The molecular formula is CH6BNO. The topological polar surface area (TPSA) is 21.3 Å². The van der Waals surface area contributed by atoms with Crippen molar-refractivity contribution in [2.75, 3.05) is 7.11 Å². The van der Waals surface area contributed by atoms with Gasteiger partial charge in [-0.2, -0.15) is 0 Å². The lowest BCUT2D eigenvalue weighted by Crippen LogP contribution is -2.03. The Kier molecular flexibility index (Phi) is 2.97. The Morgan fingerprint density at radius 1 is 2.00 bits per heavy atom. The molecule has 0 radical (unpaired) electrons. The molecule has 0 heterocycles. The van der Waals surface area contributed by atoms with Crippen molar-refractivity contribution in [2.24, 2.45) is 0 Å². The number of hydrogen-bond donors (Lipinski definition) is 1. The molecule has 4 heavy (non-hydrogen) atoms. The molecule has 0 spiro atoms. The van der Waals surface area contributed by atoms with Gasteiger partial charge in [-0.05, 0) is 0 Å². The van der Waals surface area contributed by atoms with Gasteiger partial charge in [-0.1, -0.05) is 0 Å². The lowest BCUT2D eigenvalue weighted by molar-refractivity contribution is 0.156. The number of rotatable bonds is 1. The van der Waals surface area contributed by atoms with Crippen LogP contribution in [0.3, 0.4) is 0 Å². The van der Waals surface area contributed by atoms with E-state index in [1.54, 1.807) is 15.1 Å². The van der Waals surface area contributed by atoms with Crippen LogP contribution in [-0.4, -0.2) is 15.1 Å². The second kappa shape index (κ2) is 2.98. The van der Waals surface area contributed by atoms with Gasteiger partial charge in [0.25, 0.3) is 0 Å². The highest BCUT2D eigenvalue weighted by atomic mass is 16.6. The summed E-state index contributed by atoms with van der Waals surface area (Å²) in [6.45, 7) is 0. The molecule has 0 amide bonds. The molecule has 2 nitrogen and oxygen atoms in total. The molecule has 0 aromatic rings. The van der Waals surface area contributed by atoms with Crippen LogP contribution < -0.4 is 5.39 Å². The van der Waals surface area contributed by atoms with Gasteiger partial charge in [-0.15, -0.1) is 0 Å². The molecule has 0 saturated heterocycles. The summed E-state index contributed by atoms with van der Waals surface area (Å²) < 4.78 is 0. The van der Waals surface area contributed by atoms with Gasteiger partial charge in [-0.3, -0.25) is 5.39 Å². The lowest BCUT2D eigenvalue weighted by Gasteiger charge is -1.80. The van der Waals surface area contributed by atoms with E-state index in [4.69, 9.17) is 0 Å². The Hall–Kier alpha value is -0.0151. The van der Waals surface area contributed by atoms with Crippen molar-refractivity contribution in [3.05, 3.63) is 0 Å². The molecule has 3 heteroatoms. The van der Waals surface area contributed by atoms with E-state index in [1.807, 2.05) is 0 Å². The van der Waals surface area contributed by atoms with Gasteiger partial charge in [0.1, 0.15) is 0 Å². The standard InChI is InChI=1S/CH6BNO/c1-4-3-2/h3H,2H2,1H3. The SMILES string of the molecule is BNOC. The quantitative estimate of drug-likeness (QED) is 0.299. The van der Waals surface area contributed by atoms with Crippen LogP contribution in [0.2, 0.25) is 0 Å². The van der Waals surface area contributed by atoms with E-state index in [0.717, 1.165) is 0 Å². The summed E-state index contributed by atoms with van der Waals surface area (Å²) in [6, 6.07) is 0. The van der Waals surface area contributed by atoms with Gasteiger partial charge in [0, 0.05) is 0 Å². The van der Waals surface area contributed by atoms with Crippen molar-refractivity contribution in [3.63, 3.8) is 0 Å². The number of nitrogens with one attached hydrogen (secondary N) is 1. The zero-order valence-electron chi connectivity index (χ0n) is 2.91. The fourth-order valence-corrected chi connectivity index (χ4v) is 0. The Labute approximate surface area is 26.5 Å². The molecule has 0 aliphatic carbocycles. The average Bonchev–Trinajstić information content (AvgIpc) is 1.37. The van der Waals surface area contributed by atoms with Crippen LogP contribution in [0.5, 0.6) is 0 Å². The number of hydrogen-bond acceptors (Lipinski definition) is 2. The minimum atomic E-state index is 1.57. The third-order valence-corrected chi connectivity index (χ3v) is 0.204. The fraction of sp³-hybridized carbons (Fsp3) is 1.00.